The third-order valence-corrected chi connectivity index (χ3v) is 2.62. The van der Waals surface area contributed by atoms with Crippen LogP contribution in [0.15, 0.2) is 72.9 Å². The number of carbonyl (C=O) groups excluding carboxylic acids is 1. The van der Waals surface area contributed by atoms with Crippen LogP contribution in [0.3, 0.4) is 0 Å². The normalized spacial score (nSPS) is 10.2. The van der Waals surface area contributed by atoms with Crippen molar-refractivity contribution in [1.82, 2.24) is 0 Å². The minimum Gasteiger partial charge on any atom is -0.466 e. The van der Waals surface area contributed by atoms with E-state index in [0.29, 0.717) is 0 Å². The predicted molar refractivity (Wildman–Crippen MR) is 80.1 cm³/mol. The molecule has 2 aromatic rings. The van der Waals surface area contributed by atoms with Gasteiger partial charge in [0.2, 0.25) is 0 Å². The van der Waals surface area contributed by atoms with E-state index in [9.17, 15) is 4.79 Å². The number of rotatable bonds is 5. The van der Waals surface area contributed by atoms with Crippen molar-refractivity contribution < 1.29 is 9.53 Å². The van der Waals surface area contributed by atoms with Gasteiger partial charge < -0.3 is 4.74 Å². The van der Waals surface area contributed by atoms with E-state index in [0.717, 1.165) is 11.4 Å². The van der Waals surface area contributed by atoms with E-state index < -0.39 is 5.97 Å². The van der Waals surface area contributed by atoms with Crippen LogP contribution < -0.4 is 10.4 Å². The van der Waals surface area contributed by atoms with Gasteiger partial charge in [0.1, 0.15) is 0 Å². The van der Waals surface area contributed by atoms with Crippen molar-refractivity contribution in [3.05, 3.63) is 72.9 Å². The number of para-hydroxylation sites is 2. The molecule has 0 heterocycles. The van der Waals surface area contributed by atoms with E-state index in [1.54, 1.807) is 11.2 Å². The van der Waals surface area contributed by atoms with Gasteiger partial charge in [0.15, 0.2) is 0 Å². The summed E-state index contributed by atoms with van der Waals surface area (Å²) in [7, 11) is 1.35. The Morgan fingerprint density at radius 3 is 2.25 bits per heavy atom. The maximum atomic E-state index is 11.2. The minimum absolute atomic E-state index is 0.402. The van der Waals surface area contributed by atoms with Gasteiger partial charge in [0, 0.05) is 12.3 Å². The summed E-state index contributed by atoms with van der Waals surface area (Å²) < 4.78 is 4.61. The second kappa shape index (κ2) is 6.99. The average molecular weight is 268 g/mol. The van der Waals surface area contributed by atoms with Crippen LogP contribution in [0.1, 0.15) is 0 Å². The highest BCUT2D eigenvalue weighted by Gasteiger charge is 2.03. The van der Waals surface area contributed by atoms with Gasteiger partial charge in [-0.15, -0.1) is 0 Å². The highest BCUT2D eigenvalue weighted by molar-refractivity contribution is 5.82. The highest BCUT2D eigenvalue weighted by atomic mass is 16.5. The number of anilines is 2. The lowest BCUT2D eigenvalue weighted by Crippen LogP contribution is -2.24. The topological polar surface area (TPSA) is 41.6 Å². The lowest BCUT2D eigenvalue weighted by Gasteiger charge is -2.22. The summed E-state index contributed by atoms with van der Waals surface area (Å²) >= 11 is 0. The summed E-state index contributed by atoms with van der Waals surface area (Å²) in [5.74, 6) is -0.402. The molecule has 0 bridgehead atoms. The first-order chi connectivity index (χ1) is 9.79. The van der Waals surface area contributed by atoms with Gasteiger partial charge in [0.05, 0.1) is 18.5 Å². The monoisotopic (exact) mass is 268 g/mol. The summed E-state index contributed by atoms with van der Waals surface area (Å²) in [6.45, 7) is 0. The zero-order valence-corrected chi connectivity index (χ0v) is 11.2. The Hall–Kier alpha value is -2.75. The first kappa shape index (κ1) is 13.7. The van der Waals surface area contributed by atoms with Crippen molar-refractivity contribution in [3.8, 4) is 0 Å². The van der Waals surface area contributed by atoms with Gasteiger partial charge in [0.25, 0.3) is 0 Å². The molecule has 1 N–H and O–H groups in total. The van der Waals surface area contributed by atoms with Gasteiger partial charge >= 0.3 is 5.97 Å². The maximum Gasteiger partial charge on any atom is 0.332 e. The molecule has 102 valence electrons. The van der Waals surface area contributed by atoms with Crippen LogP contribution in [0.25, 0.3) is 0 Å². The number of carbonyl (C=O) groups is 1. The number of nitrogens with one attached hydrogen (secondary N) is 1. The molecule has 2 aromatic carbocycles. The fourth-order valence-electron chi connectivity index (χ4n) is 1.63. The molecule has 4 nitrogen and oxygen atoms in total. The first-order valence-corrected chi connectivity index (χ1v) is 6.22. The minimum atomic E-state index is -0.402. The van der Waals surface area contributed by atoms with Crippen LogP contribution in [0, 0.1) is 0 Å². The third kappa shape index (κ3) is 3.88. The Balaban J connectivity index is 2.20. The van der Waals surface area contributed by atoms with Crippen LogP contribution in [0.5, 0.6) is 0 Å². The number of hydrogen-bond acceptors (Lipinski definition) is 4. The zero-order chi connectivity index (χ0) is 14.2. The molecule has 0 amide bonds. The molecule has 20 heavy (non-hydrogen) atoms. The van der Waals surface area contributed by atoms with Gasteiger partial charge in [-0.1, -0.05) is 36.4 Å². The number of methoxy groups -OCH3 is 1. The van der Waals surface area contributed by atoms with Gasteiger partial charge in [-0.25, -0.2) is 4.79 Å². The van der Waals surface area contributed by atoms with Crippen molar-refractivity contribution in [3.63, 3.8) is 0 Å². The summed E-state index contributed by atoms with van der Waals surface area (Å²) in [6.07, 6.45) is 3.00. The number of hydrazine groups is 1. The lowest BCUT2D eigenvalue weighted by molar-refractivity contribution is -0.134. The number of esters is 1. The molecule has 0 radical (unpaired) electrons. The molecule has 0 aliphatic heterocycles. The van der Waals surface area contributed by atoms with Crippen LogP contribution in [0.4, 0.5) is 11.4 Å². The summed E-state index contributed by atoms with van der Waals surface area (Å²) in [6, 6.07) is 19.4. The quantitative estimate of drug-likeness (QED) is 0.513. The molecule has 0 unspecified atom stereocenters. The molecular formula is C16H16N2O2. The van der Waals surface area contributed by atoms with Gasteiger partial charge in [-0.3, -0.25) is 10.4 Å². The Labute approximate surface area is 118 Å². The smallest absolute Gasteiger partial charge is 0.332 e. The standard InChI is InChI=1S/C16H16N2O2/c1-20-16(19)12-13-18(15-10-6-3-7-11-15)17-14-8-4-2-5-9-14/h2-13,17H,1H3. The van der Waals surface area contributed by atoms with Crippen molar-refractivity contribution in [2.75, 3.05) is 17.5 Å². The van der Waals surface area contributed by atoms with E-state index >= 15 is 0 Å². The Morgan fingerprint density at radius 1 is 1.05 bits per heavy atom. The molecule has 0 saturated carbocycles. The third-order valence-electron chi connectivity index (χ3n) is 2.62. The van der Waals surface area contributed by atoms with E-state index in [2.05, 4.69) is 10.2 Å². The molecule has 0 aliphatic rings. The molecule has 2 rings (SSSR count). The van der Waals surface area contributed by atoms with E-state index in [1.165, 1.54) is 13.2 Å². The molecule has 4 heteroatoms. The number of hydrogen-bond donors (Lipinski definition) is 1. The van der Waals surface area contributed by atoms with E-state index in [-0.39, 0.29) is 0 Å². The van der Waals surface area contributed by atoms with Crippen LogP contribution in [0.2, 0.25) is 0 Å². The highest BCUT2D eigenvalue weighted by Crippen LogP contribution is 2.16. The van der Waals surface area contributed by atoms with Gasteiger partial charge in [-0.05, 0) is 24.3 Å². The molecule has 0 fully saturated rings. The summed E-state index contributed by atoms with van der Waals surface area (Å²) in [5.41, 5.74) is 5.05. The average Bonchev–Trinajstić information content (AvgIpc) is 2.53. The second-order valence-electron chi connectivity index (χ2n) is 4.02. The molecule has 0 spiro atoms. The van der Waals surface area contributed by atoms with Gasteiger partial charge in [-0.2, -0.15) is 0 Å². The number of ether oxygens (including phenoxy) is 1. The van der Waals surface area contributed by atoms with Crippen molar-refractivity contribution >= 4 is 17.3 Å². The van der Waals surface area contributed by atoms with Crippen molar-refractivity contribution in [2.45, 2.75) is 0 Å². The largest absolute Gasteiger partial charge is 0.466 e. The van der Waals surface area contributed by atoms with Crippen LogP contribution in [-0.4, -0.2) is 13.1 Å². The SMILES string of the molecule is COC(=O)C=CN(Nc1ccccc1)c1ccccc1. The fraction of sp³-hybridized carbons (Fsp3) is 0.0625. The Morgan fingerprint density at radius 2 is 1.65 bits per heavy atom. The van der Waals surface area contributed by atoms with Crippen LogP contribution in [-0.2, 0) is 9.53 Å². The molecule has 0 atom stereocenters. The molecule has 0 aromatic heterocycles. The van der Waals surface area contributed by atoms with Crippen molar-refractivity contribution in [1.29, 1.82) is 0 Å². The number of nitrogens with zero attached hydrogens (tertiary/aromatic N) is 1. The Kier molecular flexibility index (Phi) is 4.78. The fourth-order valence-corrected chi connectivity index (χ4v) is 1.63. The lowest BCUT2D eigenvalue weighted by atomic mass is 10.3. The molecule has 0 saturated heterocycles. The summed E-state index contributed by atoms with van der Waals surface area (Å²) in [5, 5.41) is 1.76. The first-order valence-electron chi connectivity index (χ1n) is 6.22. The summed E-state index contributed by atoms with van der Waals surface area (Å²) in [4.78, 5) is 11.2. The van der Waals surface area contributed by atoms with Crippen molar-refractivity contribution in [2.24, 2.45) is 0 Å². The van der Waals surface area contributed by atoms with E-state index in [1.807, 2.05) is 60.7 Å². The number of benzene rings is 2. The molecule has 0 aliphatic carbocycles. The Bertz CT molecular complexity index is 568. The molecular weight excluding hydrogens is 252 g/mol. The predicted octanol–water partition coefficient (Wildman–Crippen LogP) is 3.21. The zero-order valence-electron chi connectivity index (χ0n) is 11.2. The van der Waals surface area contributed by atoms with E-state index in [4.69, 9.17) is 0 Å². The van der Waals surface area contributed by atoms with Crippen LogP contribution >= 0.6 is 0 Å². The second-order valence-corrected chi connectivity index (χ2v) is 4.02. The maximum absolute atomic E-state index is 11.2.